The van der Waals surface area contributed by atoms with Crippen LogP contribution in [0.2, 0.25) is 0 Å². The van der Waals surface area contributed by atoms with Crippen LogP contribution >= 0.6 is 0 Å². The van der Waals surface area contributed by atoms with Crippen molar-refractivity contribution in [2.45, 2.75) is 52.1 Å². The van der Waals surface area contributed by atoms with E-state index >= 15 is 0 Å². The fourth-order valence-corrected chi connectivity index (χ4v) is 4.75. The molecule has 0 bridgehead atoms. The minimum absolute atomic E-state index is 0.341. The van der Waals surface area contributed by atoms with Crippen LogP contribution in [0, 0.1) is 19.8 Å². The lowest BCUT2D eigenvalue weighted by atomic mass is 9.83. The molecule has 7 nitrogen and oxygen atoms in total. The number of ether oxygens (including phenoxy) is 2. The lowest BCUT2D eigenvalue weighted by Crippen LogP contribution is -2.17. The maximum atomic E-state index is 10.7. The SMILES string of the molecule is COc1ccccc1-n1cc(C)c(C(O)C2CCCCC2)n1.COc1ccccc1-n1cc(C)cn1. The molecule has 36 heavy (non-hydrogen) atoms. The highest BCUT2D eigenvalue weighted by molar-refractivity contribution is 5.47. The summed E-state index contributed by atoms with van der Waals surface area (Å²) in [5.74, 6) is 1.95. The fraction of sp³-hybridized carbons (Fsp3) is 0.379. The second-order valence-electron chi connectivity index (χ2n) is 9.29. The van der Waals surface area contributed by atoms with Crippen molar-refractivity contribution >= 4 is 0 Å². The number of nitrogens with zero attached hydrogens (tertiary/aromatic N) is 4. The van der Waals surface area contributed by atoms with Crippen LogP contribution in [0.15, 0.2) is 67.1 Å². The Bertz CT molecular complexity index is 1260. The first-order valence-corrected chi connectivity index (χ1v) is 12.5. The maximum Gasteiger partial charge on any atom is 0.144 e. The number of hydrogen-bond acceptors (Lipinski definition) is 5. The van der Waals surface area contributed by atoms with Crippen LogP contribution in [0.5, 0.6) is 11.5 Å². The molecule has 2 aromatic carbocycles. The highest BCUT2D eigenvalue weighted by Gasteiger charge is 2.26. The number of aromatic nitrogens is 4. The molecule has 1 aliphatic carbocycles. The van der Waals surface area contributed by atoms with Gasteiger partial charge in [-0.3, -0.25) is 0 Å². The van der Waals surface area contributed by atoms with E-state index in [1.807, 2.05) is 90.3 Å². The van der Waals surface area contributed by atoms with E-state index < -0.39 is 6.10 Å². The predicted octanol–water partition coefficient (Wildman–Crippen LogP) is 5.99. The molecule has 0 amide bonds. The average molecular weight is 489 g/mol. The first kappa shape index (κ1) is 25.5. The normalized spacial score (nSPS) is 14.6. The molecule has 1 fully saturated rings. The Morgan fingerprint density at radius 1 is 0.833 bits per heavy atom. The standard InChI is InChI=1S/C18H24N2O2.C11H12N2O/c1-13-12-20(15-10-6-7-11-16(15)22-2)19-17(13)18(21)14-8-4-3-5-9-14;1-9-7-12-13(8-9)10-5-3-4-6-11(10)14-2/h6-7,10-12,14,18,21H,3-5,8-9H2,1-2H3;3-8H,1-2H3. The number of para-hydroxylation sites is 4. The van der Waals surface area contributed by atoms with Crippen molar-refractivity contribution in [3.8, 4) is 22.9 Å². The third kappa shape index (κ3) is 5.79. The van der Waals surface area contributed by atoms with Gasteiger partial charge in [0.25, 0.3) is 0 Å². The Balaban J connectivity index is 0.000000187. The van der Waals surface area contributed by atoms with Gasteiger partial charge >= 0.3 is 0 Å². The van der Waals surface area contributed by atoms with Gasteiger partial charge in [0, 0.05) is 12.4 Å². The molecule has 4 aromatic rings. The Hall–Kier alpha value is -3.58. The Kier molecular flexibility index (Phi) is 8.44. The van der Waals surface area contributed by atoms with E-state index in [0.29, 0.717) is 5.92 Å². The van der Waals surface area contributed by atoms with Crippen molar-refractivity contribution < 1.29 is 14.6 Å². The van der Waals surface area contributed by atoms with Crippen LogP contribution in [0.1, 0.15) is 55.0 Å². The summed E-state index contributed by atoms with van der Waals surface area (Å²) in [5, 5.41) is 19.6. The van der Waals surface area contributed by atoms with Gasteiger partial charge in [-0.05, 0) is 68.0 Å². The molecule has 0 aliphatic heterocycles. The quantitative estimate of drug-likeness (QED) is 0.361. The van der Waals surface area contributed by atoms with E-state index in [1.165, 1.54) is 19.3 Å². The second-order valence-corrected chi connectivity index (χ2v) is 9.29. The van der Waals surface area contributed by atoms with Crippen LogP contribution in [0.4, 0.5) is 0 Å². The second kappa shape index (κ2) is 11.9. The summed E-state index contributed by atoms with van der Waals surface area (Å²) >= 11 is 0. The molecule has 1 aliphatic rings. The van der Waals surface area contributed by atoms with Gasteiger partial charge in [-0.25, -0.2) is 9.36 Å². The minimum Gasteiger partial charge on any atom is -0.494 e. The van der Waals surface area contributed by atoms with E-state index in [9.17, 15) is 5.11 Å². The molecule has 1 N–H and O–H groups in total. The minimum atomic E-state index is -0.462. The molecule has 0 spiro atoms. The van der Waals surface area contributed by atoms with E-state index in [1.54, 1.807) is 14.2 Å². The van der Waals surface area contributed by atoms with Crippen molar-refractivity contribution in [2.24, 2.45) is 5.92 Å². The van der Waals surface area contributed by atoms with Gasteiger partial charge < -0.3 is 14.6 Å². The highest BCUT2D eigenvalue weighted by Crippen LogP contribution is 2.35. The molecule has 1 saturated carbocycles. The van der Waals surface area contributed by atoms with Gasteiger partial charge in [-0.15, -0.1) is 0 Å². The Morgan fingerprint density at radius 3 is 1.97 bits per heavy atom. The van der Waals surface area contributed by atoms with Crippen molar-refractivity contribution in [1.29, 1.82) is 0 Å². The monoisotopic (exact) mass is 488 g/mol. The number of aryl methyl sites for hydroxylation is 2. The zero-order valence-electron chi connectivity index (χ0n) is 21.6. The topological polar surface area (TPSA) is 74.3 Å². The third-order valence-electron chi connectivity index (χ3n) is 6.69. The zero-order chi connectivity index (χ0) is 25.5. The average Bonchev–Trinajstić information content (AvgIpc) is 3.54. The van der Waals surface area contributed by atoms with Crippen molar-refractivity contribution in [2.75, 3.05) is 14.2 Å². The molecule has 5 rings (SSSR count). The summed E-state index contributed by atoms with van der Waals surface area (Å²) in [5.41, 5.74) is 4.83. The largest absolute Gasteiger partial charge is 0.494 e. The van der Waals surface area contributed by atoms with Gasteiger partial charge in [-0.1, -0.05) is 43.5 Å². The predicted molar refractivity (Wildman–Crippen MR) is 141 cm³/mol. The van der Waals surface area contributed by atoms with E-state index in [-0.39, 0.29) is 0 Å². The van der Waals surface area contributed by atoms with Crippen LogP contribution in [0.3, 0.4) is 0 Å². The van der Waals surface area contributed by atoms with Gasteiger partial charge in [0.1, 0.15) is 29.0 Å². The maximum absolute atomic E-state index is 10.7. The fourth-order valence-electron chi connectivity index (χ4n) is 4.75. The number of benzene rings is 2. The first-order chi connectivity index (χ1) is 17.5. The molecule has 1 atom stereocenters. The van der Waals surface area contributed by atoms with Gasteiger partial charge in [0.05, 0.1) is 26.1 Å². The van der Waals surface area contributed by atoms with Crippen LogP contribution in [-0.4, -0.2) is 38.9 Å². The molecule has 0 radical (unpaired) electrons. The Morgan fingerprint density at radius 2 is 1.42 bits per heavy atom. The van der Waals surface area contributed by atoms with Gasteiger partial charge in [-0.2, -0.15) is 10.2 Å². The Labute approximate surface area is 213 Å². The smallest absolute Gasteiger partial charge is 0.144 e. The van der Waals surface area contributed by atoms with Gasteiger partial charge in [0.15, 0.2) is 0 Å². The zero-order valence-corrected chi connectivity index (χ0v) is 21.6. The number of aliphatic hydroxyl groups excluding tert-OH is 1. The van der Waals surface area contributed by atoms with E-state index in [4.69, 9.17) is 9.47 Å². The van der Waals surface area contributed by atoms with Crippen molar-refractivity contribution in [1.82, 2.24) is 19.6 Å². The molecular weight excluding hydrogens is 452 g/mol. The summed E-state index contributed by atoms with van der Waals surface area (Å²) in [7, 11) is 3.32. The van der Waals surface area contributed by atoms with Crippen LogP contribution in [0.25, 0.3) is 11.4 Å². The molecule has 7 heteroatoms. The number of aliphatic hydroxyl groups is 1. The summed E-state index contributed by atoms with van der Waals surface area (Å²) < 4.78 is 14.3. The molecule has 0 saturated heterocycles. The third-order valence-corrected chi connectivity index (χ3v) is 6.69. The number of methoxy groups -OCH3 is 2. The van der Waals surface area contributed by atoms with E-state index in [0.717, 1.165) is 52.5 Å². The first-order valence-electron chi connectivity index (χ1n) is 12.5. The molecule has 1 unspecified atom stereocenters. The highest BCUT2D eigenvalue weighted by atomic mass is 16.5. The van der Waals surface area contributed by atoms with Crippen molar-refractivity contribution in [3.63, 3.8) is 0 Å². The summed E-state index contributed by atoms with van der Waals surface area (Å²) in [6.07, 6.45) is 11.2. The summed E-state index contributed by atoms with van der Waals surface area (Å²) in [6, 6.07) is 15.6. The lowest BCUT2D eigenvalue weighted by Gasteiger charge is -2.25. The van der Waals surface area contributed by atoms with Crippen LogP contribution < -0.4 is 9.47 Å². The summed E-state index contributed by atoms with van der Waals surface area (Å²) in [6.45, 7) is 4.03. The summed E-state index contributed by atoms with van der Waals surface area (Å²) in [4.78, 5) is 0. The molecule has 2 heterocycles. The lowest BCUT2D eigenvalue weighted by molar-refractivity contribution is 0.0803. The molecular formula is C29H36N4O3. The molecule has 2 aromatic heterocycles. The van der Waals surface area contributed by atoms with E-state index in [2.05, 4.69) is 10.2 Å². The van der Waals surface area contributed by atoms with Crippen molar-refractivity contribution in [3.05, 3.63) is 83.9 Å². The number of hydrogen-bond donors (Lipinski definition) is 1. The van der Waals surface area contributed by atoms with Gasteiger partial charge in [0.2, 0.25) is 0 Å². The molecule has 190 valence electrons. The number of rotatable bonds is 6. The van der Waals surface area contributed by atoms with Crippen LogP contribution in [-0.2, 0) is 0 Å².